The average molecular weight is 313 g/mol. The molecule has 1 rings (SSSR count). The first-order valence-corrected chi connectivity index (χ1v) is 6.84. The summed E-state index contributed by atoms with van der Waals surface area (Å²) in [6.45, 7) is 4.45. The Kier molecular flexibility index (Phi) is 5.35. The molecule has 0 fully saturated rings. The van der Waals surface area contributed by atoms with E-state index in [4.69, 9.17) is 5.73 Å². The van der Waals surface area contributed by atoms with Gasteiger partial charge in [-0.15, -0.1) is 0 Å². The van der Waals surface area contributed by atoms with Crippen LogP contribution in [0.2, 0.25) is 0 Å². The maximum Gasteiger partial charge on any atom is 0.224 e. The van der Waals surface area contributed by atoms with Gasteiger partial charge in [0.2, 0.25) is 5.91 Å². The fourth-order valence-corrected chi connectivity index (χ4v) is 2.09. The number of rotatable bonds is 5. The van der Waals surface area contributed by atoms with E-state index in [1.807, 2.05) is 33.0 Å². The van der Waals surface area contributed by atoms with Crippen LogP contribution in [0.4, 0.5) is 0 Å². The fraction of sp³-hybridized carbons (Fsp3) is 0.500. The van der Waals surface area contributed by atoms with Crippen molar-refractivity contribution in [3.05, 3.63) is 34.3 Å². The number of benzene rings is 1. The Bertz CT molecular complexity index is 413. The molecule has 0 spiro atoms. The molecule has 1 amide bonds. The van der Waals surface area contributed by atoms with Crippen molar-refractivity contribution in [3.63, 3.8) is 0 Å². The quantitative estimate of drug-likeness (QED) is 0.908. The lowest BCUT2D eigenvalue weighted by Gasteiger charge is -2.23. The Morgan fingerprint density at radius 2 is 2.11 bits per heavy atom. The molecule has 0 saturated heterocycles. The highest BCUT2D eigenvalue weighted by molar-refractivity contribution is 9.10. The largest absolute Gasteiger partial charge is 0.345 e. The van der Waals surface area contributed by atoms with Gasteiger partial charge in [-0.3, -0.25) is 4.79 Å². The third-order valence-electron chi connectivity index (χ3n) is 2.66. The zero-order chi connectivity index (χ0) is 13.8. The highest BCUT2D eigenvalue weighted by Gasteiger charge is 2.19. The summed E-state index contributed by atoms with van der Waals surface area (Å²) in [7, 11) is 1.83. The van der Waals surface area contributed by atoms with Gasteiger partial charge in [-0.1, -0.05) is 28.1 Å². The third-order valence-corrected chi connectivity index (χ3v) is 3.15. The van der Waals surface area contributed by atoms with E-state index in [0.717, 1.165) is 10.9 Å². The molecule has 0 bridgehead atoms. The monoisotopic (exact) mass is 312 g/mol. The maximum absolute atomic E-state index is 11.9. The van der Waals surface area contributed by atoms with Crippen molar-refractivity contribution >= 4 is 21.8 Å². The summed E-state index contributed by atoms with van der Waals surface area (Å²) in [4.78, 5) is 13.6. The molecule has 1 aromatic rings. The van der Waals surface area contributed by atoms with Crippen LogP contribution < -0.4 is 5.73 Å². The van der Waals surface area contributed by atoms with Crippen LogP contribution in [0.15, 0.2) is 28.7 Å². The van der Waals surface area contributed by atoms with Crippen LogP contribution in [0.25, 0.3) is 0 Å². The van der Waals surface area contributed by atoms with Crippen molar-refractivity contribution in [1.29, 1.82) is 0 Å². The van der Waals surface area contributed by atoms with E-state index in [0.29, 0.717) is 13.0 Å². The van der Waals surface area contributed by atoms with Crippen LogP contribution in [0.1, 0.15) is 25.8 Å². The number of nitrogens with two attached hydrogens (primary N) is 1. The molecule has 2 N–H and O–H groups in total. The molecule has 0 aromatic heterocycles. The number of hydrogen-bond donors (Lipinski definition) is 1. The van der Waals surface area contributed by atoms with Crippen molar-refractivity contribution in [2.24, 2.45) is 5.73 Å². The number of hydrogen-bond acceptors (Lipinski definition) is 2. The smallest absolute Gasteiger partial charge is 0.224 e. The SMILES string of the molecule is CN(CCc1cccc(Br)c1)C(=O)CC(C)(C)N. The van der Waals surface area contributed by atoms with Crippen LogP contribution in [0.5, 0.6) is 0 Å². The molecule has 0 unspecified atom stereocenters. The highest BCUT2D eigenvalue weighted by Crippen LogP contribution is 2.13. The molecule has 18 heavy (non-hydrogen) atoms. The molecule has 3 nitrogen and oxygen atoms in total. The maximum atomic E-state index is 11.9. The molecular formula is C14H21BrN2O. The summed E-state index contributed by atoms with van der Waals surface area (Å²) in [5.74, 6) is 0.0949. The summed E-state index contributed by atoms with van der Waals surface area (Å²) in [6, 6.07) is 8.14. The first kappa shape index (κ1) is 15.2. The normalized spacial score (nSPS) is 11.4. The van der Waals surface area contributed by atoms with Crippen molar-refractivity contribution < 1.29 is 4.79 Å². The molecule has 0 aliphatic rings. The van der Waals surface area contributed by atoms with Crippen LogP contribution in [-0.4, -0.2) is 29.9 Å². The molecule has 0 saturated carbocycles. The minimum Gasteiger partial charge on any atom is -0.345 e. The average Bonchev–Trinajstić information content (AvgIpc) is 2.23. The second kappa shape index (κ2) is 6.34. The summed E-state index contributed by atoms with van der Waals surface area (Å²) >= 11 is 3.44. The van der Waals surface area contributed by atoms with E-state index in [1.165, 1.54) is 5.56 Å². The van der Waals surface area contributed by atoms with Crippen LogP contribution in [-0.2, 0) is 11.2 Å². The van der Waals surface area contributed by atoms with Gasteiger partial charge in [0.05, 0.1) is 0 Å². The first-order valence-electron chi connectivity index (χ1n) is 6.05. The molecule has 0 radical (unpaired) electrons. The summed E-state index contributed by atoms with van der Waals surface area (Å²) < 4.78 is 1.07. The summed E-state index contributed by atoms with van der Waals surface area (Å²) in [5, 5.41) is 0. The van der Waals surface area contributed by atoms with Crippen molar-refractivity contribution in [1.82, 2.24) is 4.90 Å². The molecule has 0 aliphatic heterocycles. The number of halogens is 1. The minimum absolute atomic E-state index is 0.0949. The van der Waals surface area contributed by atoms with Crippen LogP contribution in [0.3, 0.4) is 0 Å². The molecule has 1 aromatic carbocycles. The minimum atomic E-state index is -0.443. The van der Waals surface area contributed by atoms with Gasteiger partial charge in [-0.25, -0.2) is 0 Å². The fourth-order valence-electron chi connectivity index (χ4n) is 1.64. The molecule has 0 heterocycles. The van der Waals surface area contributed by atoms with Crippen molar-refractivity contribution in [2.45, 2.75) is 32.2 Å². The van der Waals surface area contributed by atoms with Crippen LogP contribution in [0, 0.1) is 0 Å². The predicted octanol–water partition coefficient (Wildman–Crippen LogP) is 2.58. The lowest BCUT2D eigenvalue weighted by atomic mass is 10.0. The summed E-state index contributed by atoms with van der Waals surface area (Å²) in [6.07, 6.45) is 1.23. The predicted molar refractivity (Wildman–Crippen MR) is 78.4 cm³/mol. The highest BCUT2D eigenvalue weighted by atomic mass is 79.9. The van der Waals surface area contributed by atoms with Crippen molar-refractivity contribution in [2.75, 3.05) is 13.6 Å². The third kappa shape index (κ3) is 5.65. The van der Waals surface area contributed by atoms with Gasteiger partial charge in [-0.05, 0) is 38.0 Å². The second-order valence-electron chi connectivity index (χ2n) is 5.36. The van der Waals surface area contributed by atoms with Gasteiger partial charge in [0.25, 0.3) is 0 Å². The standard InChI is InChI=1S/C14H21BrN2O/c1-14(2,16)10-13(18)17(3)8-7-11-5-4-6-12(15)9-11/h4-6,9H,7-8,10,16H2,1-3H3. The molecular weight excluding hydrogens is 292 g/mol. The second-order valence-corrected chi connectivity index (χ2v) is 6.28. The zero-order valence-electron chi connectivity index (χ0n) is 11.2. The van der Waals surface area contributed by atoms with E-state index >= 15 is 0 Å². The number of carbonyl (C=O) groups is 1. The van der Waals surface area contributed by atoms with E-state index < -0.39 is 5.54 Å². The number of carbonyl (C=O) groups excluding carboxylic acids is 1. The van der Waals surface area contributed by atoms with Gasteiger partial charge in [0.1, 0.15) is 0 Å². The van der Waals surface area contributed by atoms with E-state index in [-0.39, 0.29) is 5.91 Å². The Labute approximate surface area is 117 Å². The van der Waals surface area contributed by atoms with Gasteiger partial charge >= 0.3 is 0 Å². The number of likely N-dealkylation sites (N-methyl/N-ethyl adjacent to an activating group) is 1. The van der Waals surface area contributed by atoms with Gasteiger partial charge in [0, 0.05) is 30.0 Å². The van der Waals surface area contributed by atoms with Gasteiger partial charge in [0.15, 0.2) is 0 Å². The Morgan fingerprint density at radius 1 is 1.44 bits per heavy atom. The molecule has 100 valence electrons. The molecule has 0 aliphatic carbocycles. The first-order chi connectivity index (χ1) is 8.28. The van der Waals surface area contributed by atoms with E-state index in [2.05, 4.69) is 28.1 Å². The van der Waals surface area contributed by atoms with Crippen molar-refractivity contribution in [3.8, 4) is 0 Å². The Balaban J connectivity index is 2.46. The topological polar surface area (TPSA) is 46.3 Å². The van der Waals surface area contributed by atoms with E-state index in [9.17, 15) is 4.79 Å². The Morgan fingerprint density at radius 3 is 2.67 bits per heavy atom. The van der Waals surface area contributed by atoms with Crippen LogP contribution >= 0.6 is 15.9 Å². The lowest BCUT2D eigenvalue weighted by Crippen LogP contribution is -2.40. The number of nitrogens with zero attached hydrogens (tertiary/aromatic N) is 1. The van der Waals surface area contributed by atoms with Gasteiger partial charge in [-0.2, -0.15) is 0 Å². The number of amides is 1. The molecule has 0 atom stereocenters. The Hall–Kier alpha value is -0.870. The van der Waals surface area contributed by atoms with E-state index in [1.54, 1.807) is 4.90 Å². The zero-order valence-corrected chi connectivity index (χ0v) is 12.8. The molecule has 4 heteroatoms. The summed E-state index contributed by atoms with van der Waals surface area (Å²) in [5.41, 5.74) is 6.62. The lowest BCUT2D eigenvalue weighted by molar-refractivity contribution is -0.130. The van der Waals surface area contributed by atoms with Gasteiger partial charge < -0.3 is 10.6 Å².